The molecule has 0 aliphatic carbocycles. The summed E-state index contributed by atoms with van der Waals surface area (Å²) in [6, 6.07) is 9.41. The van der Waals surface area contributed by atoms with Gasteiger partial charge in [-0.05, 0) is 12.0 Å². The van der Waals surface area contributed by atoms with Crippen molar-refractivity contribution in [3.8, 4) is 0 Å². The van der Waals surface area contributed by atoms with E-state index in [-0.39, 0.29) is 24.8 Å². The summed E-state index contributed by atoms with van der Waals surface area (Å²) in [6.45, 7) is 3.98. The Morgan fingerprint density at radius 1 is 1.27 bits per heavy atom. The lowest BCUT2D eigenvalue weighted by Crippen LogP contribution is -2.54. The number of aliphatic hydroxyl groups excluding tert-OH is 1. The van der Waals surface area contributed by atoms with Gasteiger partial charge in [0.1, 0.15) is 6.10 Å². The van der Waals surface area contributed by atoms with Gasteiger partial charge >= 0.3 is 0 Å². The standard InChI is InChI=1S/C17H24N2O3/c1-2-3-9-18-10-11-19(13-16(18)21)17(22)15(20)12-14-7-5-4-6-8-14/h4-8,15,20H,2-3,9-13H2,1H3/t15-/m0/s1. The van der Waals surface area contributed by atoms with E-state index < -0.39 is 6.10 Å². The minimum Gasteiger partial charge on any atom is -0.383 e. The predicted molar refractivity (Wildman–Crippen MR) is 84.2 cm³/mol. The molecule has 1 fully saturated rings. The zero-order valence-corrected chi connectivity index (χ0v) is 13.1. The lowest BCUT2D eigenvalue weighted by molar-refractivity contribution is -0.150. The Morgan fingerprint density at radius 2 is 2.00 bits per heavy atom. The SMILES string of the molecule is CCCCN1CCN(C(=O)[C@@H](O)Cc2ccccc2)CC1=O. The smallest absolute Gasteiger partial charge is 0.252 e. The maximum atomic E-state index is 12.3. The average Bonchev–Trinajstić information content (AvgIpc) is 2.54. The Balaban J connectivity index is 1.87. The highest BCUT2D eigenvalue weighted by Gasteiger charge is 2.30. The number of carbonyl (C=O) groups is 2. The molecule has 1 aromatic carbocycles. The largest absolute Gasteiger partial charge is 0.383 e. The van der Waals surface area contributed by atoms with Crippen LogP contribution >= 0.6 is 0 Å². The average molecular weight is 304 g/mol. The summed E-state index contributed by atoms with van der Waals surface area (Å²) in [6.07, 6.45) is 1.22. The number of hydrogen-bond acceptors (Lipinski definition) is 3. The Kier molecular flexibility index (Phi) is 5.95. The molecule has 0 aromatic heterocycles. The molecule has 120 valence electrons. The molecule has 5 heteroatoms. The van der Waals surface area contributed by atoms with E-state index in [9.17, 15) is 14.7 Å². The number of piperazine rings is 1. The molecule has 1 saturated heterocycles. The third kappa shape index (κ3) is 4.31. The summed E-state index contributed by atoms with van der Waals surface area (Å²) in [5, 5.41) is 10.1. The second-order valence-electron chi connectivity index (χ2n) is 5.70. The second-order valence-corrected chi connectivity index (χ2v) is 5.70. The van der Waals surface area contributed by atoms with Gasteiger partial charge in [-0.1, -0.05) is 43.7 Å². The molecule has 0 unspecified atom stereocenters. The minimum absolute atomic E-state index is 0.0278. The van der Waals surface area contributed by atoms with Crippen molar-refractivity contribution < 1.29 is 14.7 Å². The summed E-state index contributed by atoms with van der Waals surface area (Å²) in [5.41, 5.74) is 0.913. The number of carbonyl (C=O) groups excluding carboxylic acids is 2. The predicted octanol–water partition coefficient (Wildman–Crippen LogP) is 1.06. The maximum absolute atomic E-state index is 12.3. The van der Waals surface area contributed by atoms with E-state index in [1.54, 1.807) is 4.90 Å². The first-order valence-corrected chi connectivity index (χ1v) is 7.90. The van der Waals surface area contributed by atoms with Crippen molar-refractivity contribution in [2.24, 2.45) is 0 Å². The fraction of sp³-hybridized carbons (Fsp3) is 0.529. The van der Waals surface area contributed by atoms with Crippen LogP contribution in [0.25, 0.3) is 0 Å². The summed E-state index contributed by atoms with van der Waals surface area (Å²) in [7, 11) is 0. The van der Waals surface area contributed by atoms with E-state index in [1.807, 2.05) is 30.3 Å². The normalized spacial score (nSPS) is 16.7. The van der Waals surface area contributed by atoms with Crippen LogP contribution in [0.15, 0.2) is 30.3 Å². The Hall–Kier alpha value is -1.88. The first-order valence-electron chi connectivity index (χ1n) is 7.90. The van der Waals surface area contributed by atoms with Crippen LogP contribution in [0.1, 0.15) is 25.3 Å². The summed E-state index contributed by atoms with van der Waals surface area (Å²) >= 11 is 0. The highest BCUT2D eigenvalue weighted by molar-refractivity contribution is 5.88. The van der Waals surface area contributed by atoms with Gasteiger partial charge in [0.05, 0.1) is 6.54 Å². The summed E-state index contributed by atoms with van der Waals surface area (Å²) < 4.78 is 0. The highest BCUT2D eigenvalue weighted by Crippen LogP contribution is 2.10. The minimum atomic E-state index is -1.09. The van der Waals surface area contributed by atoms with Crippen molar-refractivity contribution in [2.75, 3.05) is 26.2 Å². The third-order valence-electron chi connectivity index (χ3n) is 3.97. The van der Waals surface area contributed by atoms with Crippen molar-refractivity contribution >= 4 is 11.8 Å². The monoisotopic (exact) mass is 304 g/mol. The van der Waals surface area contributed by atoms with Crippen LogP contribution in [-0.2, 0) is 16.0 Å². The van der Waals surface area contributed by atoms with Crippen LogP contribution < -0.4 is 0 Å². The molecule has 1 aromatic rings. The van der Waals surface area contributed by atoms with Crippen molar-refractivity contribution in [2.45, 2.75) is 32.3 Å². The van der Waals surface area contributed by atoms with Crippen molar-refractivity contribution in [3.05, 3.63) is 35.9 Å². The highest BCUT2D eigenvalue weighted by atomic mass is 16.3. The topological polar surface area (TPSA) is 60.9 Å². The Labute approximate surface area is 131 Å². The van der Waals surface area contributed by atoms with Gasteiger partial charge in [0.25, 0.3) is 5.91 Å². The lowest BCUT2D eigenvalue weighted by Gasteiger charge is -2.35. The number of rotatable bonds is 6. The van der Waals surface area contributed by atoms with E-state index in [1.165, 1.54) is 4.90 Å². The van der Waals surface area contributed by atoms with Crippen molar-refractivity contribution in [1.29, 1.82) is 0 Å². The zero-order valence-electron chi connectivity index (χ0n) is 13.1. The van der Waals surface area contributed by atoms with Crippen LogP contribution in [0.4, 0.5) is 0 Å². The number of amides is 2. The van der Waals surface area contributed by atoms with E-state index in [0.29, 0.717) is 13.1 Å². The van der Waals surface area contributed by atoms with E-state index in [2.05, 4.69) is 6.92 Å². The second kappa shape index (κ2) is 7.94. The molecule has 0 saturated carbocycles. The molecule has 2 rings (SSSR count). The van der Waals surface area contributed by atoms with E-state index >= 15 is 0 Å². The van der Waals surface area contributed by atoms with Gasteiger partial charge in [-0.15, -0.1) is 0 Å². The molecule has 0 spiro atoms. The van der Waals surface area contributed by atoms with Crippen LogP contribution in [0, 0.1) is 0 Å². The molecule has 22 heavy (non-hydrogen) atoms. The van der Waals surface area contributed by atoms with Crippen LogP contribution in [0.5, 0.6) is 0 Å². The number of benzene rings is 1. The van der Waals surface area contributed by atoms with E-state index in [4.69, 9.17) is 0 Å². The molecule has 1 atom stereocenters. The Morgan fingerprint density at radius 3 is 2.64 bits per heavy atom. The first kappa shape index (κ1) is 16.5. The molecule has 1 heterocycles. The van der Waals surface area contributed by atoms with Gasteiger partial charge in [0.15, 0.2) is 0 Å². The fourth-order valence-electron chi connectivity index (χ4n) is 2.62. The molecule has 1 aliphatic rings. The van der Waals surface area contributed by atoms with E-state index in [0.717, 1.165) is 24.9 Å². The molecule has 1 aliphatic heterocycles. The number of unbranched alkanes of at least 4 members (excludes halogenated alkanes) is 1. The third-order valence-corrected chi connectivity index (χ3v) is 3.97. The molecule has 5 nitrogen and oxygen atoms in total. The number of hydrogen-bond donors (Lipinski definition) is 1. The van der Waals surface area contributed by atoms with Crippen molar-refractivity contribution in [1.82, 2.24) is 9.80 Å². The van der Waals surface area contributed by atoms with Gasteiger partial charge in [-0.25, -0.2) is 0 Å². The quantitative estimate of drug-likeness (QED) is 0.855. The summed E-state index contributed by atoms with van der Waals surface area (Å²) in [4.78, 5) is 27.6. The molecular formula is C17H24N2O3. The molecule has 0 bridgehead atoms. The molecule has 0 radical (unpaired) electrons. The Bertz CT molecular complexity index is 504. The number of aliphatic hydroxyl groups is 1. The number of nitrogens with zero attached hydrogens (tertiary/aromatic N) is 2. The van der Waals surface area contributed by atoms with Gasteiger partial charge in [0, 0.05) is 26.1 Å². The van der Waals surface area contributed by atoms with Gasteiger partial charge in [0.2, 0.25) is 5.91 Å². The molecule has 1 N–H and O–H groups in total. The van der Waals surface area contributed by atoms with Crippen LogP contribution in [0.3, 0.4) is 0 Å². The lowest BCUT2D eigenvalue weighted by atomic mass is 10.1. The molecule has 2 amide bonds. The first-order chi connectivity index (χ1) is 10.6. The van der Waals surface area contributed by atoms with Gasteiger partial charge in [-0.3, -0.25) is 9.59 Å². The van der Waals surface area contributed by atoms with Gasteiger partial charge in [-0.2, -0.15) is 0 Å². The summed E-state index contributed by atoms with van der Waals surface area (Å²) in [5.74, 6) is -0.382. The fourth-order valence-corrected chi connectivity index (χ4v) is 2.62. The maximum Gasteiger partial charge on any atom is 0.252 e. The van der Waals surface area contributed by atoms with Crippen molar-refractivity contribution in [3.63, 3.8) is 0 Å². The zero-order chi connectivity index (χ0) is 15.9. The molecular weight excluding hydrogens is 280 g/mol. The van der Waals surface area contributed by atoms with Gasteiger partial charge < -0.3 is 14.9 Å². The van der Waals surface area contributed by atoms with Crippen LogP contribution in [0.2, 0.25) is 0 Å². The van der Waals surface area contributed by atoms with Crippen LogP contribution in [-0.4, -0.2) is 59.0 Å².